The van der Waals surface area contributed by atoms with Gasteiger partial charge in [-0.15, -0.1) is 0 Å². The Morgan fingerprint density at radius 2 is 2.25 bits per heavy atom. The fraction of sp³-hybridized carbons (Fsp3) is 0.667. The summed E-state index contributed by atoms with van der Waals surface area (Å²) >= 11 is 0. The van der Waals surface area contributed by atoms with Crippen LogP contribution in [0.25, 0.3) is 0 Å². The van der Waals surface area contributed by atoms with Gasteiger partial charge in [-0.25, -0.2) is 4.79 Å². The lowest BCUT2D eigenvalue weighted by Gasteiger charge is -2.19. The molecule has 1 N–H and O–H groups in total. The molecule has 0 aromatic rings. The van der Waals surface area contributed by atoms with Crippen LogP contribution in [0.5, 0.6) is 0 Å². The van der Waals surface area contributed by atoms with Crippen molar-refractivity contribution in [1.29, 1.82) is 0 Å². The van der Waals surface area contributed by atoms with E-state index in [9.17, 15) is 13.2 Å². The average Bonchev–Trinajstić information content (AvgIpc) is 2.93. The molecule has 1 aliphatic heterocycles. The molecule has 90 valence electrons. The molecule has 1 heterocycles. The van der Waals surface area contributed by atoms with E-state index in [0.29, 0.717) is 5.57 Å². The zero-order chi connectivity index (χ0) is 11.9. The summed E-state index contributed by atoms with van der Waals surface area (Å²) in [4.78, 5) is 11.3. The highest BCUT2D eigenvalue weighted by molar-refractivity contribution is 7.86. The van der Waals surface area contributed by atoms with Crippen LogP contribution in [0.3, 0.4) is 0 Å². The van der Waals surface area contributed by atoms with Gasteiger partial charge in [0.1, 0.15) is 0 Å². The van der Waals surface area contributed by atoms with Crippen molar-refractivity contribution in [2.24, 2.45) is 0 Å². The fourth-order valence-corrected chi connectivity index (χ4v) is 2.52. The second-order valence-corrected chi connectivity index (χ2v) is 5.55. The highest BCUT2D eigenvalue weighted by Crippen LogP contribution is 2.31. The summed E-state index contributed by atoms with van der Waals surface area (Å²) in [5.41, 5.74) is 0.461. The molecule has 2 rings (SSSR count). The molecule has 0 radical (unpaired) electrons. The van der Waals surface area contributed by atoms with E-state index in [1.54, 1.807) is 6.08 Å². The van der Waals surface area contributed by atoms with Gasteiger partial charge in [-0.2, -0.15) is 8.42 Å². The Hall–Kier alpha value is -0.920. The van der Waals surface area contributed by atoms with Gasteiger partial charge in [-0.3, -0.25) is 4.18 Å². The molecule has 0 aromatic carbocycles. The number of hydrogen-bond donors (Lipinski definition) is 1. The second kappa shape index (κ2) is 3.83. The zero-order valence-electron chi connectivity index (χ0n) is 8.97. The lowest BCUT2D eigenvalue weighted by atomic mass is 9.97. The molecular weight excluding hydrogens is 234 g/mol. The summed E-state index contributed by atoms with van der Waals surface area (Å²) in [5.74, 6) is -0.436. The second-order valence-electron chi connectivity index (χ2n) is 3.94. The Morgan fingerprint density at radius 1 is 1.56 bits per heavy atom. The predicted molar refractivity (Wildman–Crippen MR) is 55.1 cm³/mol. The van der Waals surface area contributed by atoms with Gasteiger partial charge in [-0.05, 0) is 0 Å². The van der Waals surface area contributed by atoms with Crippen LogP contribution in [0.4, 0.5) is 0 Å². The minimum absolute atomic E-state index is 0.0110. The molecule has 2 unspecified atom stereocenters. The number of hydrogen-bond acceptors (Lipinski definition) is 6. The lowest BCUT2D eigenvalue weighted by molar-refractivity contribution is -0.136. The minimum Gasteiger partial charge on any atom is -0.466 e. The molecule has 0 amide bonds. The molecule has 0 aromatic heterocycles. The minimum atomic E-state index is -3.51. The fourth-order valence-electron chi connectivity index (χ4n) is 1.89. The normalized spacial score (nSPS) is 32.6. The maximum atomic E-state index is 11.3. The summed E-state index contributed by atoms with van der Waals surface area (Å²) in [6.07, 6.45) is 2.51. The van der Waals surface area contributed by atoms with Crippen molar-refractivity contribution in [2.45, 2.75) is 24.6 Å². The Bertz CT molecular complexity index is 441. The number of rotatable bonds is 3. The third-order valence-electron chi connectivity index (χ3n) is 2.61. The van der Waals surface area contributed by atoms with E-state index >= 15 is 0 Å². The van der Waals surface area contributed by atoms with Crippen LogP contribution in [-0.4, -0.2) is 45.9 Å². The van der Waals surface area contributed by atoms with Gasteiger partial charge in [0.05, 0.1) is 25.5 Å². The molecule has 16 heavy (non-hydrogen) atoms. The largest absolute Gasteiger partial charge is 0.466 e. The SMILES string of the molecule is COC(=O)C1=CC2NC2[C@H](OS(C)(=O)=O)C1. The summed E-state index contributed by atoms with van der Waals surface area (Å²) in [5, 5.41) is 3.04. The van der Waals surface area contributed by atoms with Crippen molar-refractivity contribution in [3.05, 3.63) is 11.6 Å². The molecule has 1 aliphatic carbocycles. The van der Waals surface area contributed by atoms with E-state index in [1.807, 2.05) is 0 Å². The maximum absolute atomic E-state index is 11.3. The van der Waals surface area contributed by atoms with E-state index in [-0.39, 0.29) is 18.5 Å². The highest BCUT2D eigenvalue weighted by atomic mass is 32.2. The zero-order valence-corrected chi connectivity index (χ0v) is 9.78. The lowest BCUT2D eigenvalue weighted by Crippen LogP contribution is -2.30. The molecule has 1 fully saturated rings. The number of methoxy groups -OCH3 is 1. The van der Waals surface area contributed by atoms with Crippen molar-refractivity contribution < 1.29 is 22.1 Å². The van der Waals surface area contributed by atoms with Crippen LogP contribution >= 0.6 is 0 Å². The van der Waals surface area contributed by atoms with E-state index < -0.39 is 22.2 Å². The Balaban J connectivity index is 2.10. The number of esters is 1. The summed E-state index contributed by atoms with van der Waals surface area (Å²) < 4.78 is 31.6. The Kier molecular flexibility index (Phi) is 2.77. The van der Waals surface area contributed by atoms with Crippen molar-refractivity contribution in [2.75, 3.05) is 13.4 Å². The first-order valence-electron chi connectivity index (χ1n) is 4.84. The first-order chi connectivity index (χ1) is 7.40. The average molecular weight is 247 g/mol. The molecule has 7 heteroatoms. The van der Waals surface area contributed by atoms with Gasteiger partial charge in [0, 0.05) is 18.0 Å². The van der Waals surface area contributed by atoms with Crippen molar-refractivity contribution in [1.82, 2.24) is 5.32 Å². The van der Waals surface area contributed by atoms with Gasteiger partial charge >= 0.3 is 5.97 Å². The summed E-state index contributed by atoms with van der Waals surface area (Å²) in [6.45, 7) is 0. The monoisotopic (exact) mass is 247 g/mol. The first-order valence-corrected chi connectivity index (χ1v) is 6.65. The number of fused-ring (bicyclic) bond motifs is 1. The third kappa shape index (κ3) is 2.42. The third-order valence-corrected chi connectivity index (χ3v) is 3.21. The molecular formula is C9H13NO5S. The molecule has 0 saturated carbocycles. The van der Waals surface area contributed by atoms with E-state index in [0.717, 1.165) is 6.26 Å². The van der Waals surface area contributed by atoms with E-state index in [1.165, 1.54) is 7.11 Å². The van der Waals surface area contributed by atoms with Gasteiger partial charge in [0.15, 0.2) is 0 Å². The van der Waals surface area contributed by atoms with Gasteiger partial charge in [0.25, 0.3) is 10.1 Å². The Labute approximate surface area is 93.7 Å². The molecule has 0 spiro atoms. The topological polar surface area (TPSA) is 91.6 Å². The molecule has 6 nitrogen and oxygen atoms in total. The van der Waals surface area contributed by atoms with Crippen LogP contribution < -0.4 is 5.32 Å². The first kappa shape index (κ1) is 11.6. The molecule has 3 atom stereocenters. The molecule has 2 aliphatic rings. The standard InChI is InChI=1S/C9H13NO5S/c1-14-9(11)5-3-6-8(10-6)7(4-5)15-16(2,12)13/h3,6-8,10H,4H2,1-2H3/t6?,7-,8?/m1/s1. The smallest absolute Gasteiger partial charge is 0.333 e. The quantitative estimate of drug-likeness (QED) is 0.398. The Morgan fingerprint density at radius 3 is 2.81 bits per heavy atom. The summed E-state index contributed by atoms with van der Waals surface area (Å²) in [6, 6.07) is 0.0118. The van der Waals surface area contributed by atoms with Crippen molar-refractivity contribution in [3.63, 3.8) is 0 Å². The van der Waals surface area contributed by atoms with E-state index in [2.05, 4.69) is 10.1 Å². The maximum Gasteiger partial charge on any atom is 0.333 e. The van der Waals surface area contributed by atoms with E-state index in [4.69, 9.17) is 4.18 Å². The van der Waals surface area contributed by atoms with Crippen LogP contribution in [0.15, 0.2) is 11.6 Å². The molecule has 1 saturated heterocycles. The number of carbonyl (C=O) groups excluding carboxylic acids is 1. The van der Waals surface area contributed by atoms with Crippen molar-refractivity contribution >= 4 is 16.1 Å². The number of nitrogens with one attached hydrogen (secondary N) is 1. The van der Waals surface area contributed by atoms with Crippen LogP contribution in [0.1, 0.15) is 6.42 Å². The van der Waals surface area contributed by atoms with Crippen LogP contribution in [0.2, 0.25) is 0 Å². The highest BCUT2D eigenvalue weighted by Gasteiger charge is 2.47. The number of carbonyl (C=O) groups is 1. The van der Waals surface area contributed by atoms with Crippen molar-refractivity contribution in [3.8, 4) is 0 Å². The van der Waals surface area contributed by atoms with Crippen LogP contribution in [0, 0.1) is 0 Å². The van der Waals surface area contributed by atoms with Gasteiger partial charge in [-0.1, -0.05) is 6.08 Å². The summed E-state index contributed by atoms with van der Waals surface area (Å²) in [7, 11) is -2.21. The van der Waals surface area contributed by atoms with Gasteiger partial charge in [0.2, 0.25) is 0 Å². The van der Waals surface area contributed by atoms with Gasteiger partial charge < -0.3 is 10.1 Å². The molecule has 0 bridgehead atoms. The predicted octanol–water partition coefficient (Wildman–Crippen LogP) is -0.825. The van der Waals surface area contributed by atoms with Crippen LogP contribution in [-0.2, 0) is 23.8 Å². The number of ether oxygens (including phenoxy) is 1.